The number of benzene rings is 2. The molecule has 4 N–H and O–H groups in total. The quantitative estimate of drug-likeness (QED) is 0.577. The molecule has 28 heavy (non-hydrogen) atoms. The number of hydrogen-bond donors (Lipinski definition) is 3. The standard InChI is InChI=1S/C19H20N6O3/c1-2-28-15-11-7-6-10-14(15)22-16(26)12-25-18(20)17(23-24-25)19(27)21-13-8-4-3-5-9-13/h3-11H,2,12,20H2,1H3,(H,21,27)(H,22,26). The average molecular weight is 380 g/mol. The van der Waals surface area contributed by atoms with Crippen LogP contribution < -0.4 is 21.1 Å². The van der Waals surface area contributed by atoms with E-state index in [4.69, 9.17) is 10.5 Å². The fraction of sp³-hybridized carbons (Fsp3) is 0.158. The third-order valence-electron chi connectivity index (χ3n) is 3.77. The van der Waals surface area contributed by atoms with Gasteiger partial charge in [0.1, 0.15) is 12.3 Å². The van der Waals surface area contributed by atoms with Crippen LogP contribution >= 0.6 is 0 Å². The molecule has 2 aromatic carbocycles. The first-order valence-corrected chi connectivity index (χ1v) is 8.65. The van der Waals surface area contributed by atoms with Crippen LogP contribution in [0.25, 0.3) is 0 Å². The summed E-state index contributed by atoms with van der Waals surface area (Å²) in [5.74, 6) is -0.315. The van der Waals surface area contributed by atoms with Crippen LogP contribution in [0.1, 0.15) is 17.4 Å². The third kappa shape index (κ3) is 4.44. The number of nitrogens with two attached hydrogens (primary N) is 1. The maximum Gasteiger partial charge on any atom is 0.280 e. The molecule has 0 fully saturated rings. The Bertz CT molecular complexity index is 971. The Morgan fingerprint density at radius 1 is 1.07 bits per heavy atom. The van der Waals surface area contributed by atoms with Crippen molar-refractivity contribution >= 4 is 29.0 Å². The van der Waals surface area contributed by atoms with Gasteiger partial charge in [0.2, 0.25) is 5.91 Å². The van der Waals surface area contributed by atoms with E-state index in [0.717, 1.165) is 0 Å². The van der Waals surface area contributed by atoms with Gasteiger partial charge in [0.05, 0.1) is 12.3 Å². The Balaban J connectivity index is 1.67. The summed E-state index contributed by atoms with van der Waals surface area (Å²) in [7, 11) is 0. The molecule has 144 valence electrons. The summed E-state index contributed by atoms with van der Waals surface area (Å²) in [5.41, 5.74) is 7.04. The SMILES string of the molecule is CCOc1ccccc1NC(=O)Cn1nnc(C(=O)Nc2ccccc2)c1N. The number of carbonyl (C=O) groups excluding carboxylic acids is 2. The van der Waals surface area contributed by atoms with Gasteiger partial charge in [-0.2, -0.15) is 0 Å². The molecule has 0 radical (unpaired) electrons. The van der Waals surface area contributed by atoms with E-state index in [1.807, 2.05) is 19.1 Å². The predicted octanol–water partition coefficient (Wildman–Crippen LogP) is 2.15. The number of nitrogen functional groups attached to an aromatic ring is 1. The highest BCUT2D eigenvalue weighted by Crippen LogP contribution is 2.23. The Labute approximate surface area is 161 Å². The molecule has 0 atom stereocenters. The lowest BCUT2D eigenvalue weighted by Gasteiger charge is -2.11. The van der Waals surface area contributed by atoms with Crippen LogP contribution in [0.2, 0.25) is 0 Å². The van der Waals surface area contributed by atoms with Crippen molar-refractivity contribution in [3.05, 3.63) is 60.3 Å². The van der Waals surface area contributed by atoms with Crippen LogP contribution in [0.3, 0.4) is 0 Å². The average Bonchev–Trinajstić information content (AvgIpc) is 3.05. The molecule has 1 aromatic heterocycles. The molecule has 9 heteroatoms. The number of anilines is 3. The van der Waals surface area contributed by atoms with Gasteiger partial charge in [-0.1, -0.05) is 35.5 Å². The number of aromatic nitrogens is 3. The first-order valence-electron chi connectivity index (χ1n) is 8.65. The van der Waals surface area contributed by atoms with E-state index in [1.165, 1.54) is 4.68 Å². The van der Waals surface area contributed by atoms with Crippen molar-refractivity contribution < 1.29 is 14.3 Å². The molecule has 9 nitrogen and oxygen atoms in total. The number of hydrogen-bond acceptors (Lipinski definition) is 6. The lowest BCUT2D eigenvalue weighted by atomic mass is 10.3. The van der Waals surface area contributed by atoms with Crippen LogP contribution in [0.15, 0.2) is 54.6 Å². The molecular weight excluding hydrogens is 360 g/mol. The van der Waals surface area contributed by atoms with Gasteiger partial charge in [0.15, 0.2) is 11.5 Å². The number of para-hydroxylation sites is 3. The predicted molar refractivity (Wildman–Crippen MR) is 105 cm³/mol. The van der Waals surface area contributed by atoms with Crippen molar-refractivity contribution in [2.75, 3.05) is 23.0 Å². The van der Waals surface area contributed by atoms with Gasteiger partial charge >= 0.3 is 0 Å². The molecule has 0 bridgehead atoms. The molecule has 0 saturated carbocycles. The van der Waals surface area contributed by atoms with E-state index < -0.39 is 5.91 Å². The first-order chi connectivity index (χ1) is 13.6. The molecule has 1 heterocycles. The van der Waals surface area contributed by atoms with Gasteiger partial charge in [-0.3, -0.25) is 9.59 Å². The van der Waals surface area contributed by atoms with Crippen LogP contribution in [0, 0.1) is 0 Å². The van der Waals surface area contributed by atoms with E-state index in [9.17, 15) is 9.59 Å². The summed E-state index contributed by atoms with van der Waals surface area (Å²) in [5, 5.41) is 13.0. The molecule has 0 saturated heterocycles. The normalized spacial score (nSPS) is 10.3. The van der Waals surface area contributed by atoms with E-state index in [2.05, 4.69) is 20.9 Å². The molecule has 0 spiro atoms. The molecule has 0 aliphatic heterocycles. The van der Waals surface area contributed by atoms with Gasteiger partial charge in [-0.25, -0.2) is 4.68 Å². The Morgan fingerprint density at radius 3 is 2.54 bits per heavy atom. The highest BCUT2D eigenvalue weighted by Gasteiger charge is 2.19. The number of ether oxygens (including phenoxy) is 1. The zero-order chi connectivity index (χ0) is 19.9. The van der Waals surface area contributed by atoms with Gasteiger partial charge in [-0.15, -0.1) is 5.10 Å². The zero-order valence-electron chi connectivity index (χ0n) is 15.3. The molecule has 2 amide bonds. The van der Waals surface area contributed by atoms with Crippen molar-refractivity contribution in [1.29, 1.82) is 0 Å². The minimum absolute atomic E-state index is 0.00155. The summed E-state index contributed by atoms with van der Waals surface area (Å²) in [6, 6.07) is 16.0. The van der Waals surface area contributed by atoms with Crippen LogP contribution in [-0.2, 0) is 11.3 Å². The summed E-state index contributed by atoms with van der Waals surface area (Å²) in [6.45, 7) is 2.14. The van der Waals surface area contributed by atoms with Crippen molar-refractivity contribution in [2.45, 2.75) is 13.5 Å². The summed E-state index contributed by atoms with van der Waals surface area (Å²) in [6.07, 6.45) is 0. The third-order valence-corrected chi connectivity index (χ3v) is 3.77. The Kier molecular flexibility index (Phi) is 5.85. The van der Waals surface area contributed by atoms with Gasteiger partial charge in [0, 0.05) is 5.69 Å². The second-order valence-electron chi connectivity index (χ2n) is 5.78. The van der Waals surface area contributed by atoms with Crippen LogP contribution in [-0.4, -0.2) is 33.4 Å². The Morgan fingerprint density at radius 2 is 1.79 bits per heavy atom. The molecular formula is C19H20N6O3. The minimum Gasteiger partial charge on any atom is -0.492 e. The van der Waals surface area contributed by atoms with Crippen molar-refractivity contribution in [3.63, 3.8) is 0 Å². The molecule has 0 aliphatic carbocycles. The first kappa shape index (κ1) is 18.9. The summed E-state index contributed by atoms with van der Waals surface area (Å²) in [4.78, 5) is 24.7. The van der Waals surface area contributed by atoms with Gasteiger partial charge in [0.25, 0.3) is 5.91 Å². The largest absolute Gasteiger partial charge is 0.492 e. The Hall–Kier alpha value is -3.88. The van der Waals surface area contributed by atoms with E-state index >= 15 is 0 Å². The van der Waals surface area contributed by atoms with Gasteiger partial charge < -0.3 is 21.1 Å². The lowest BCUT2D eigenvalue weighted by molar-refractivity contribution is -0.116. The number of amides is 2. The second-order valence-corrected chi connectivity index (χ2v) is 5.78. The number of nitrogens with one attached hydrogen (secondary N) is 2. The number of nitrogens with zero attached hydrogens (tertiary/aromatic N) is 3. The minimum atomic E-state index is -0.503. The monoisotopic (exact) mass is 380 g/mol. The molecule has 3 aromatic rings. The summed E-state index contributed by atoms with van der Waals surface area (Å²) < 4.78 is 6.64. The molecule has 0 unspecified atom stereocenters. The van der Waals surface area contributed by atoms with E-state index in [0.29, 0.717) is 23.7 Å². The number of carbonyl (C=O) groups is 2. The fourth-order valence-electron chi connectivity index (χ4n) is 2.49. The highest BCUT2D eigenvalue weighted by atomic mass is 16.5. The van der Waals surface area contributed by atoms with Crippen LogP contribution in [0.5, 0.6) is 5.75 Å². The second kappa shape index (κ2) is 8.67. The summed E-state index contributed by atoms with van der Waals surface area (Å²) >= 11 is 0. The van der Waals surface area contributed by atoms with Crippen LogP contribution in [0.4, 0.5) is 17.2 Å². The topological polar surface area (TPSA) is 124 Å². The smallest absolute Gasteiger partial charge is 0.280 e. The maximum atomic E-state index is 12.3. The molecule has 0 aliphatic rings. The fourth-order valence-corrected chi connectivity index (χ4v) is 2.49. The van der Waals surface area contributed by atoms with Crippen molar-refractivity contribution in [1.82, 2.24) is 15.0 Å². The lowest BCUT2D eigenvalue weighted by Crippen LogP contribution is -2.21. The van der Waals surface area contributed by atoms with Gasteiger partial charge in [-0.05, 0) is 31.2 Å². The number of rotatable bonds is 7. The maximum absolute atomic E-state index is 12.3. The highest BCUT2D eigenvalue weighted by molar-refractivity contribution is 6.05. The van der Waals surface area contributed by atoms with Crippen molar-refractivity contribution in [3.8, 4) is 5.75 Å². The zero-order valence-corrected chi connectivity index (χ0v) is 15.3. The van der Waals surface area contributed by atoms with E-state index in [-0.39, 0.29) is 24.0 Å². The van der Waals surface area contributed by atoms with Crippen molar-refractivity contribution in [2.24, 2.45) is 0 Å². The van der Waals surface area contributed by atoms with E-state index in [1.54, 1.807) is 42.5 Å². The molecule has 3 rings (SSSR count).